The summed E-state index contributed by atoms with van der Waals surface area (Å²) in [5.41, 5.74) is 1.93. The molecule has 2 rings (SSSR count). The first kappa shape index (κ1) is 22.9. The first-order valence-corrected chi connectivity index (χ1v) is 8.71. The SMILES string of the molecule is CCOc1ccccc1CNC(=NC)Nc1ccc(OC)c(OCC)c1.I. The molecule has 0 heterocycles. The van der Waals surface area contributed by atoms with Gasteiger partial charge < -0.3 is 24.8 Å². The molecule has 0 fully saturated rings. The molecule has 148 valence electrons. The minimum Gasteiger partial charge on any atom is -0.494 e. The molecule has 0 aliphatic carbocycles. The number of nitrogens with one attached hydrogen (secondary N) is 2. The van der Waals surface area contributed by atoms with Crippen molar-refractivity contribution in [2.75, 3.05) is 32.7 Å². The van der Waals surface area contributed by atoms with E-state index in [0.29, 0.717) is 37.2 Å². The Kier molecular flexibility index (Phi) is 10.4. The molecular formula is C20H28IN3O3. The molecule has 0 saturated heterocycles. The van der Waals surface area contributed by atoms with E-state index in [0.717, 1.165) is 17.0 Å². The van der Waals surface area contributed by atoms with Crippen molar-refractivity contribution in [1.29, 1.82) is 0 Å². The molecule has 2 aromatic carbocycles. The first-order valence-electron chi connectivity index (χ1n) is 8.71. The van der Waals surface area contributed by atoms with Crippen LogP contribution >= 0.6 is 24.0 Å². The van der Waals surface area contributed by atoms with Crippen molar-refractivity contribution in [3.8, 4) is 17.2 Å². The molecule has 0 aliphatic heterocycles. The molecule has 0 saturated carbocycles. The van der Waals surface area contributed by atoms with Gasteiger partial charge in [-0.15, -0.1) is 24.0 Å². The van der Waals surface area contributed by atoms with E-state index in [9.17, 15) is 0 Å². The smallest absolute Gasteiger partial charge is 0.195 e. The molecule has 2 N–H and O–H groups in total. The third-order valence-corrected chi connectivity index (χ3v) is 3.67. The van der Waals surface area contributed by atoms with Crippen LogP contribution < -0.4 is 24.8 Å². The summed E-state index contributed by atoms with van der Waals surface area (Å²) in [5, 5.41) is 6.56. The number of aliphatic imine (C=N–C) groups is 1. The number of hydrogen-bond acceptors (Lipinski definition) is 4. The van der Waals surface area contributed by atoms with Gasteiger partial charge in [0.2, 0.25) is 0 Å². The molecule has 0 aromatic heterocycles. The summed E-state index contributed by atoms with van der Waals surface area (Å²) >= 11 is 0. The number of para-hydroxylation sites is 1. The zero-order chi connectivity index (χ0) is 18.8. The van der Waals surface area contributed by atoms with Crippen molar-refractivity contribution in [3.05, 3.63) is 48.0 Å². The number of rotatable bonds is 8. The molecule has 6 nitrogen and oxygen atoms in total. The van der Waals surface area contributed by atoms with Crippen LogP contribution in [0.5, 0.6) is 17.2 Å². The van der Waals surface area contributed by atoms with Crippen LogP contribution in [-0.4, -0.2) is 33.3 Å². The number of halogens is 1. The number of benzene rings is 2. The predicted molar refractivity (Wildman–Crippen MR) is 121 cm³/mol. The van der Waals surface area contributed by atoms with Gasteiger partial charge in [-0.25, -0.2) is 0 Å². The monoisotopic (exact) mass is 485 g/mol. The highest BCUT2D eigenvalue weighted by molar-refractivity contribution is 14.0. The molecular weight excluding hydrogens is 457 g/mol. The molecule has 0 amide bonds. The lowest BCUT2D eigenvalue weighted by Gasteiger charge is -2.16. The third-order valence-electron chi connectivity index (χ3n) is 3.67. The van der Waals surface area contributed by atoms with Crippen molar-refractivity contribution in [3.63, 3.8) is 0 Å². The predicted octanol–water partition coefficient (Wildman–Crippen LogP) is 4.30. The maximum absolute atomic E-state index is 5.66. The van der Waals surface area contributed by atoms with Gasteiger partial charge in [-0.2, -0.15) is 0 Å². The largest absolute Gasteiger partial charge is 0.494 e. The fourth-order valence-electron chi connectivity index (χ4n) is 2.46. The molecule has 0 atom stereocenters. The summed E-state index contributed by atoms with van der Waals surface area (Å²) in [7, 11) is 3.36. The molecule has 0 radical (unpaired) electrons. The molecule has 27 heavy (non-hydrogen) atoms. The van der Waals surface area contributed by atoms with Gasteiger partial charge >= 0.3 is 0 Å². The minimum absolute atomic E-state index is 0. The van der Waals surface area contributed by atoms with Crippen LogP contribution in [-0.2, 0) is 6.54 Å². The van der Waals surface area contributed by atoms with Crippen LogP contribution in [0.2, 0.25) is 0 Å². The Morgan fingerprint density at radius 1 is 0.963 bits per heavy atom. The van der Waals surface area contributed by atoms with Crippen molar-refractivity contribution in [1.82, 2.24) is 5.32 Å². The van der Waals surface area contributed by atoms with Crippen molar-refractivity contribution >= 4 is 35.6 Å². The van der Waals surface area contributed by atoms with Crippen LogP contribution in [0.25, 0.3) is 0 Å². The van der Waals surface area contributed by atoms with Crippen LogP contribution in [0.3, 0.4) is 0 Å². The molecule has 0 unspecified atom stereocenters. The first-order chi connectivity index (χ1) is 12.7. The third kappa shape index (κ3) is 6.82. The lowest BCUT2D eigenvalue weighted by Crippen LogP contribution is -2.30. The van der Waals surface area contributed by atoms with E-state index in [1.807, 2.05) is 56.3 Å². The van der Waals surface area contributed by atoms with E-state index in [2.05, 4.69) is 15.6 Å². The molecule has 0 bridgehead atoms. The highest BCUT2D eigenvalue weighted by atomic mass is 127. The number of guanidine groups is 1. The van der Waals surface area contributed by atoms with Gasteiger partial charge in [0.05, 0.1) is 20.3 Å². The minimum atomic E-state index is 0. The Labute approximate surface area is 178 Å². The Balaban J connectivity index is 0.00000364. The summed E-state index contributed by atoms with van der Waals surface area (Å²) in [4.78, 5) is 4.27. The van der Waals surface area contributed by atoms with E-state index in [1.165, 1.54) is 0 Å². The fourth-order valence-corrected chi connectivity index (χ4v) is 2.46. The number of anilines is 1. The second-order valence-electron chi connectivity index (χ2n) is 5.39. The average Bonchev–Trinajstić information content (AvgIpc) is 2.67. The average molecular weight is 485 g/mol. The fraction of sp³-hybridized carbons (Fsp3) is 0.350. The van der Waals surface area contributed by atoms with E-state index in [4.69, 9.17) is 14.2 Å². The quantitative estimate of drug-likeness (QED) is 0.332. The number of nitrogens with zero attached hydrogens (tertiary/aromatic N) is 1. The lowest BCUT2D eigenvalue weighted by molar-refractivity contribution is 0.311. The Bertz CT molecular complexity index is 738. The van der Waals surface area contributed by atoms with Gasteiger partial charge in [-0.1, -0.05) is 18.2 Å². The standard InChI is InChI=1S/C20H27N3O3.HI/c1-5-25-17-10-8-7-9-15(17)14-22-20(21-3)23-16-11-12-18(24-4)19(13-16)26-6-2;/h7-13H,5-6,14H2,1-4H3,(H2,21,22,23);1H. The normalized spacial score (nSPS) is 10.6. The Morgan fingerprint density at radius 3 is 2.33 bits per heavy atom. The maximum Gasteiger partial charge on any atom is 0.195 e. The molecule has 7 heteroatoms. The van der Waals surface area contributed by atoms with E-state index < -0.39 is 0 Å². The van der Waals surface area contributed by atoms with E-state index >= 15 is 0 Å². The van der Waals surface area contributed by atoms with Gasteiger partial charge in [0.25, 0.3) is 0 Å². The summed E-state index contributed by atoms with van der Waals surface area (Å²) in [6.45, 7) is 5.72. The summed E-state index contributed by atoms with van der Waals surface area (Å²) in [6, 6.07) is 13.6. The van der Waals surface area contributed by atoms with Crippen LogP contribution in [0.4, 0.5) is 5.69 Å². The number of ether oxygens (including phenoxy) is 3. The molecule has 0 spiro atoms. The van der Waals surface area contributed by atoms with Gasteiger partial charge in [-0.05, 0) is 32.0 Å². The van der Waals surface area contributed by atoms with Gasteiger partial charge in [0, 0.05) is 30.9 Å². The van der Waals surface area contributed by atoms with Crippen LogP contribution in [0.1, 0.15) is 19.4 Å². The zero-order valence-electron chi connectivity index (χ0n) is 16.2. The Morgan fingerprint density at radius 2 is 1.67 bits per heavy atom. The highest BCUT2D eigenvalue weighted by Gasteiger charge is 2.08. The van der Waals surface area contributed by atoms with Gasteiger partial charge in [-0.3, -0.25) is 4.99 Å². The van der Waals surface area contributed by atoms with Crippen molar-refractivity contribution in [2.24, 2.45) is 4.99 Å². The maximum atomic E-state index is 5.66. The van der Waals surface area contributed by atoms with Crippen molar-refractivity contribution in [2.45, 2.75) is 20.4 Å². The van der Waals surface area contributed by atoms with Crippen LogP contribution in [0.15, 0.2) is 47.5 Å². The topological polar surface area (TPSA) is 64.1 Å². The zero-order valence-corrected chi connectivity index (χ0v) is 18.6. The van der Waals surface area contributed by atoms with Crippen molar-refractivity contribution < 1.29 is 14.2 Å². The lowest BCUT2D eigenvalue weighted by atomic mass is 10.2. The Hall–Kier alpha value is -2.16. The van der Waals surface area contributed by atoms with Gasteiger partial charge in [0.15, 0.2) is 17.5 Å². The second-order valence-corrected chi connectivity index (χ2v) is 5.39. The van der Waals surface area contributed by atoms with E-state index in [-0.39, 0.29) is 24.0 Å². The number of methoxy groups -OCH3 is 1. The summed E-state index contributed by atoms with van der Waals surface area (Å²) in [6.07, 6.45) is 0. The van der Waals surface area contributed by atoms with E-state index in [1.54, 1.807) is 14.2 Å². The summed E-state index contributed by atoms with van der Waals surface area (Å²) in [5.74, 6) is 2.92. The van der Waals surface area contributed by atoms with Crippen LogP contribution in [0, 0.1) is 0 Å². The highest BCUT2D eigenvalue weighted by Crippen LogP contribution is 2.30. The molecule has 2 aromatic rings. The van der Waals surface area contributed by atoms with Gasteiger partial charge in [0.1, 0.15) is 5.75 Å². The summed E-state index contributed by atoms with van der Waals surface area (Å²) < 4.78 is 16.6. The second kappa shape index (κ2) is 12.3. The molecule has 0 aliphatic rings. The number of hydrogen-bond donors (Lipinski definition) is 2.